The lowest BCUT2D eigenvalue weighted by atomic mass is 9.90. The topological polar surface area (TPSA) is 53.6 Å². The number of rotatable bonds is 4. The SMILES string of the molecule is Fc1cc(Nc2ncc[nH]2)ccc1-c1cnc(C2CCCCC2)s1. The lowest BCUT2D eigenvalue weighted by Crippen LogP contribution is -2.03. The van der Waals surface area contributed by atoms with E-state index in [9.17, 15) is 4.39 Å². The highest BCUT2D eigenvalue weighted by Crippen LogP contribution is 2.38. The van der Waals surface area contributed by atoms with Crippen LogP contribution in [0.25, 0.3) is 10.4 Å². The summed E-state index contributed by atoms with van der Waals surface area (Å²) < 4.78 is 14.5. The molecule has 0 spiro atoms. The van der Waals surface area contributed by atoms with E-state index in [1.54, 1.807) is 29.8 Å². The van der Waals surface area contributed by atoms with E-state index in [1.807, 2.05) is 12.3 Å². The highest BCUT2D eigenvalue weighted by Gasteiger charge is 2.19. The zero-order valence-electron chi connectivity index (χ0n) is 13.3. The second kappa shape index (κ2) is 6.73. The number of nitrogens with one attached hydrogen (secondary N) is 2. The molecule has 0 aliphatic heterocycles. The van der Waals surface area contributed by atoms with Crippen molar-refractivity contribution in [1.29, 1.82) is 0 Å². The maximum Gasteiger partial charge on any atom is 0.204 e. The maximum atomic E-state index is 14.5. The van der Waals surface area contributed by atoms with Crippen LogP contribution >= 0.6 is 11.3 Å². The Bertz CT molecular complexity index is 806. The van der Waals surface area contributed by atoms with Gasteiger partial charge in [-0.15, -0.1) is 11.3 Å². The van der Waals surface area contributed by atoms with Crippen LogP contribution in [0, 0.1) is 5.82 Å². The van der Waals surface area contributed by atoms with Crippen LogP contribution in [0.15, 0.2) is 36.8 Å². The van der Waals surface area contributed by atoms with E-state index < -0.39 is 0 Å². The molecule has 24 heavy (non-hydrogen) atoms. The minimum atomic E-state index is -0.245. The number of hydrogen-bond donors (Lipinski definition) is 2. The molecule has 1 aliphatic rings. The van der Waals surface area contributed by atoms with E-state index in [0.29, 0.717) is 23.1 Å². The molecule has 2 aromatic heterocycles. The average molecular weight is 342 g/mol. The monoisotopic (exact) mass is 342 g/mol. The second-order valence-corrected chi connectivity index (χ2v) is 7.22. The van der Waals surface area contributed by atoms with E-state index in [2.05, 4.69) is 20.3 Å². The average Bonchev–Trinajstić information content (AvgIpc) is 3.28. The molecule has 6 heteroatoms. The summed E-state index contributed by atoms with van der Waals surface area (Å²) in [6.45, 7) is 0. The number of hydrogen-bond acceptors (Lipinski definition) is 4. The Morgan fingerprint density at radius 3 is 2.79 bits per heavy atom. The van der Waals surface area contributed by atoms with Gasteiger partial charge in [-0.05, 0) is 31.0 Å². The van der Waals surface area contributed by atoms with Crippen LogP contribution in [0.5, 0.6) is 0 Å². The van der Waals surface area contributed by atoms with Crippen LogP contribution in [-0.2, 0) is 0 Å². The summed E-state index contributed by atoms with van der Waals surface area (Å²) in [5.74, 6) is 0.908. The highest BCUT2D eigenvalue weighted by atomic mass is 32.1. The molecular formula is C18H19FN4S. The first-order chi connectivity index (χ1) is 11.8. The minimum absolute atomic E-state index is 0.245. The summed E-state index contributed by atoms with van der Waals surface area (Å²) in [4.78, 5) is 12.5. The van der Waals surface area contributed by atoms with Gasteiger partial charge in [-0.2, -0.15) is 0 Å². The number of imidazole rings is 1. The van der Waals surface area contributed by atoms with Gasteiger partial charge in [0.1, 0.15) is 5.82 Å². The summed E-state index contributed by atoms with van der Waals surface area (Å²) in [6.07, 6.45) is 11.5. The van der Waals surface area contributed by atoms with Gasteiger partial charge in [-0.1, -0.05) is 19.3 Å². The molecule has 1 aromatic carbocycles. The van der Waals surface area contributed by atoms with Gasteiger partial charge in [0, 0.05) is 35.8 Å². The first-order valence-electron chi connectivity index (χ1n) is 8.31. The molecule has 0 saturated heterocycles. The summed E-state index contributed by atoms with van der Waals surface area (Å²) in [5.41, 5.74) is 1.28. The number of thiazole rings is 1. The second-order valence-electron chi connectivity index (χ2n) is 6.16. The predicted octanol–water partition coefficient (Wildman–Crippen LogP) is 5.46. The Hall–Kier alpha value is -2.21. The molecule has 0 bridgehead atoms. The van der Waals surface area contributed by atoms with Crippen LogP contribution in [0.2, 0.25) is 0 Å². The van der Waals surface area contributed by atoms with E-state index in [-0.39, 0.29) is 5.82 Å². The minimum Gasteiger partial charge on any atom is -0.331 e. The van der Waals surface area contributed by atoms with Gasteiger partial charge < -0.3 is 10.3 Å². The van der Waals surface area contributed by atoms with Crippen LogP contribution in [0.1, 0.15) is 43.0 Å². The molecule has 0 amide bonds. The smallest absolute Gasteiger partial charge is 0.204 e. The van der Waals surface area contributed by atoms with Crippen molar-refractivity contribution < 1.29 is 4.39 Å². The summed E-state index contributed by atoms with van der Waals surface area (Å²) >= 11 is 1.63. The van der Waals surface area contributed by atoms with Crippen LogP contribution in [-0.4, -0.2) is 15.0 Å². The van der Waals surface area contributed by atoms with Gasteiger partial charge in [0.25, 0.3) is 0 Å². The molecule has 1 fully saturated rings. The number of benzene rings is 1. The molecule has 4 rings (SSSR count). The van der Waals surface area contributed by atoms with Gasteiger partial charge in [-0.3, -0.25) is 0 Å². The Kier molecular flexibility index (Phi) is 4.30. The zero-order chi connectivity index (χ0) is 16.4. The molecule has 0 radical (unpaired) electrons. The normalized spacial score (nSPS) is 15.5. The molecule has 1 saturated carbocycles. The zero-order valence-corrected chi connectivity index (χ0v) is 14.1. The van der Waals surface area contributed by atoms with E-state index in [0.717, 1.165) is 9.88 Å². The number of aromatic nitrogens is 3. The molecule has 124 valence electrons. The van der Waals surface area contributed by atoms with Crippen molar-refractivity contribution >= 4 is 23.0 Å². The van der Waals surface area contributed by atoms with Crippen LogP contribution in [0.4, 0.5) is 16.0 Å². The Morgan fingerprint density at radius 2 is 2.04 bits per heavy atom. The lowest BCUT2D eigenvalue weighted by Gasteiger charge is -2.18. The largest absolute Gasteiger partial charge is 0.331 e. The van der Waals surface area contributed by atoms with Gasteiger partial charge >= 0.3 is 0 Å². The van der Waals surface area contributed by atoms with E-state index in [1.165, 1.54) is 38.2 Å². The highest BCUT2D eigenvalue weighted by molar-refractivity contribution is 7.15. The molecule has 3 aromatic rings. The van der Waals surface area contributed by atoms with Gasteiger partial charge in [0.2, 0.25) is 5.95 Å². The van der Waals surface area contributed by atoms with Crippen molar-refractivity contribution in [3.8, 4) is 10.4 Å². The Labute approximate surface area is 144 Å². The third kappa shape index (κ3) is 3.19. The van der Waals surface area contributed by atoms with Crippen LogP contribution < -0.4 is 5.32 Å². The van der Waals surface area contributed by atoms with Crippen molar-refractivity contribution in [2.45, 2.75) is 38.0 Å². The number of H-pyrrole nitrogens is 1. The fourth-order valence-corrected chi connectivity index (χ4v) is 4.33. The van der Waals surface area contributed by atoms with E-state index >= 15 is 0 Å². The third-order valence-corrected chi connectivity index (χ3v) is 5.67. The van der Waals surface area contributed by atoms with E-state index in [4.69, 9.17) is 0 Å². The Morgan fingerprint density at radius 1 is 1.17 bits per heavy atom. The molecule has 4 nitrogen and oxygen atoms in total. The van der Waals surface area contributed by atoms with Crippen molar-refractivity contribution in [3.05, 3.63) is 47.6 Å². The van der Waals surface area contributed by atoms with Crippen molar-refractivity contribution in [3.63, 3.8) is 0 Å². The van der Waals surface area contributed by atoms with Gasteiger partial charge in [-0.25, -0.2) is 14.4 Å². The number of aromatic amines is 1. The van der Waals surface area contributed by atoms with Gasteiger partial charge in [0.05, 0.1) is 9.88 Å². The number of anilines is 2. The van der Waals surface area contributed by atoms with Crippen molar-refractivity contribution in [1.82, 2.24) is 15.0 Å². The lowest BCUT2D eigenvalue weighted by molar-refractivity contribution is 0.442. The number of nitrogens with zero attached hydrogens (tertiary/aromatic N) is 2. The Balaban J connectivity index is 1.54. The summed E-state index contributed by atoms with van der Waals surface area (Å²) in [6, 6.07) is 5.16. The molecule has 0 unspecified atom stereocenters. The third-order valence-electron chi connectivity index (χ3n) is 4.47. The first-order valence-corrected chi connectivity index (χ1v) is 9.13. The summed E-state index contributed by atoms with van der Waals surface area (Å²) in [7, 11) is 0. The van der Waals surface area contributed by atoms with Crippen molar-refractivity contribution in [2.75, 3.05) is 5.32 Å². The molecule has 2 N–H and O–H groups in total. The molecular weight excluding hydrogens is 323 g/mol. The number of halogens is 1. The van der Waals surface area contributed by atoms with Crippen molar-refractivity contribution in [2.24, 2.45) is 0 Å². The maximum absolute atomic E-state index is 14.5. The fourth-order valence-electron chi connectivity index (χ4n) is 3.21. The quantitative estimate of drug-likeness (QED) is 0.661. The fraction of sp³-hybridized carbons (Fsp3) is 0.333. The standard InChI is InChI=1S/C18H19FN4S/c19-15-10-13(23-18-20-8-9-21-18)6-7-14(15)16-11-22-17(24-16)12-4-2-1-3-5-12/h6-12H,1-5H2,(H2,20,21,23). The summed E-state index contributed by atoms with van der Waals surface area (Å²) in [5, 5.41) is 4.20. The molecule has 0 atom stereocenters. The van der Waals surface area contributed by atoms with Crippen LogP contribution in [0.3, 0.4) is 0 Å². The van der Waals surface area contributed by atoms with Gasteiger partial charge in [0.15, 0.2) is 0 Å². The molecule has 1 aliphatic carbocycles. The molecule has 2 heterocycles. The predicted molar refractivity (Wildman–Crippen MR) is 95.2 cm³/mol. The first kappa shape index (κ1) is 15.3.